The highest BCUT2D eigenvalue weighted by Gasteiger charge is 2.32. The van der Waals surface area contributed by atoms with Crippen molar-refractivity contribution < 1.29 is 4.79 Å². The Kier molecular flexibility index (Phi) is 4.59. The van der Waals surface area contributed by atoms with Gasteiger partial charge in [0.2, 0.25) is 5.95 Å². The summed E-state index contributed by atoms with van der Waals surface area (Å²) in [5.41, 5.74) is 3.71. The first-order valence-corrected chi connectivity index (χ1v) is 9.19. The molecule has 1 aliphatic rings. The average molecular weight is 358 g/mol. The number of amides is 1. The van der Waals surface area contributed by atoms with Crippen LogP contribution in [0.25, 0.3) is 0 Å². The zero-order chi connectivity index (χ0) is 18.8. The fraction of sp³-hybridized carbons (Fsp3) is 0.227. The minimum atomic E-state index is -0.0923. The molecule has 4 rings (SSSR count). The van der Waals surface area contributed by atoms with Gasteiger partial charge in [-0.05, 0) is 43.5 Å². The number of aromatic nitrogens is 2. The van der Waals surface area contributed by atoms with Crippen LogP contribution in [-0.2, 0) is 6.42 Å². The highest BCUT2D eigenvalue weighted by Crippen LogP contribution is 2.32. The number of fused-ring (bicyclic) bond motifs is 1. The van der Waals surface area contributed by atoms with Crippen molar-refractivity contribution in [2.45, 2.75) is 32.4 Å². The van der Waals surface area contributed by atoms with E-state index < -0.39 is 0 Å². The molecule has 0 aliphatic carbocycles. The molecule has 0 radical (unpaired) electrons. The Morgan fingerprint density at radius 2 is 1.85 bits per heavy atom. The Balaban J connectivity index is 1.57. The van der Waals surface area contributed by atoms with Crippen LogP contribution in [0.2, 0.25) is 0 Å². The molecule has 1 aliphatic heterocycles. The fourth-order valence-electron chi connectivity index (χ4n) is 3.56. The maximum Gasteiger partial charge on any atom is 0.277 e. The molecular weight excluding hydrogens is 336 g/mol. The molecule has 2 aromatic carbocycles. The van der Waals surface area contributed by atoms with E-state index in [0.717, 1.165) is 17.7 Å². The summed E-state index contributed by atoms with van der Waals surface area (Å²) in [4.78, 5) is 23.7. The summed E-state index contributed by atoms with van der Waals surface area (Å²) in [7, 11) is 0. The lowest BCUT2D eigenvalue weighted by molar-refractivity contribution is 0.0976. The molecule has 0 saturated heterocycles. The lowest BCUT2D eigenvalue weighted by Crippen LogP contribution is -2.36. The molecule has 2 atom stereocenters. The minimum Gasteiger partial charge on any atom is -0.348 e. The molecule has 5 nitrogen and oxygen atoms in total. The Morgan fingerprint density at radius 3 is 2.67 bits per heavy atom. The highest BCUT2D eigenvalue weighted by molar-refractivity contribution is 6.06. The molecule has 136 valence electrons. The van der Waals surface area contributed by atoms with Gasteiger partial charge in [0, 0.05) is 17.9 Å². The van der Waals surface area contributed by atoms with Crippen molar-refractivity contribution >= 4 is 17.5 Å². The van der Waals surface area contributed by atoms with Gasteiger partial charge in [-0.3, -0.25) is 4.79 Å². The Bertz CT molecular complexity index is 957. The van der Waals surface area contributed by atoms with E-state index >= 15 is 0 Å². The highest BCUT2D eigenvalue weighted by atomic mass is 16.2. The number of anilines is 2. The lowest BCUT2D eigenvalue weighted by Gasteiger charge is -2.22. The van der Waals surface area contributed by atoms with Crippen molar-refractivity contribution in [1.82, 2.24) is 9.97 Å². The maximum atomic E-state index is 13.1. The summed E-state index contributed by atoms with van der Waals surface area (Å²) >= 11 is 0. The van der Waals surface area contributed by atoms with Crippen molar-refractivity contribution in [2.75, 3.05) is 10.2 Å². The van der Waals surface area contributed by atoms with Crippen molar-refractivity contribution in [3.05, 3.63) is 83.7 Å². The predicted molar refractivity (Wildman–Crippen MR) is 107 cm³/mol. The van der Waals surface area contributed by atoms with Crippen molar-refractivity contribution in [1.29, 1.82) is 0 Å². The van der Waals surface area contributed by atoms with E-state index in [1.54, 1.807) is 12.3 Å². The Hall–Kier alpha value is -3.21. The molecule has 2 unspecified atom stereocenters. The summed E-state index contributed by atoms with van der Waals surface area (Å²) < 4.78 is 0. The normalized spacial score (nSPS) is 16.7. The van der Waals surface area contributed by atoms with Crippen LogP contribution in [0.4, 0.5) is 11.6 Å². The molecule has 0 bridgehead atoms. The second-order valence-corrected chi connectivity index (χ2v) is 6.90. The summed E-state index contributed by atoms with van der Waals surface area (Å²) in [5.74, 6) is 0.364. The molecule has 0 fully saturated rings. The maximum absolute atomic E-state index is 13.1. The third kappa shape index (κ3) is 3.40. The minimum absolute atomic E-state index is 0.0444. The molecule has 5 heteroatoms. The SMILES string of the molecule is CC(Nc1nccc(C(=O)N2c3ccccc3CC2C)n1)c1ccccc1. The molecule has 27 heavy (non-hydrogen) atoms. The first-order chi connectivity index (χ1) is 13.1. The van der Waals surface area contributed by atoms with Crippen molar-refractivity contribution in [3.63, 3.8) is 0 Å². The number of benzene rings is 2. The van der Waals surface area contributed by atoms with Crippen LogP contribution >= 0.6 is 0 Å². The summed E-state index contributed by atoms with van der Waals surface area (Å²) in [6, 6.07) is 20.0. The predicted octanol–water partition coefficient (Wildman–Crippen LogP) is 4.24. The van der Waals surface area contributed by atoms with Gasteiger partial charge in [0.05, 0.1) is 6.04 Å². The standard InChI is InChI=1S/C22H22N4O/c1-15-14-18-10-6-7-11-20(18)26(15)21(27)19-12-13-23-22(25-19)24-16(2)17-8-4-3-5-9-17/h3-13,15-16H,14H2,1-2H3,(H,23,24,25). The van der Waals surface area contributed by atoms with Crippen molar-refractivity contribution in [2.24, 2.45) is 0 Å². The van der Waals surface area contributed by atoms with Crippen LogP contribution in [-0.4, -0.2) is 21.9 Å². The number of hydrogen-bond donors (Lipinski definition) is 1. The molecule has 0 saturated carbocycles. The monoisotopic (exact) mass is 358 g/mol. The van der Waals surface area contributed by atoms with Crippen LogP contribution in [0, 0.1) is 0 Å². The van der Waals surface area contributed by atoms with E-state index in [-0.39, 0.29) is 18.0 Å². The van der Waals surface area contributed by atoms with Gasteiger partial charge in [-0.15, -0.1) is 0 Å². The van der Waals surface area contributed by atoms with Gasteiger partial charge in [-0.2, -0.15) is 0 Å². The van der Waals surface area contributed by atoms with Gasteiger partial charge in [0.15, 0.2) is 0 Å². The number of rotatable bonds is 4. The van der Waals surface area contributed by atoms with Gasteiger partial charge < -0.3 is 10.2 Å². The number of carbonyl (C=O) groups excluding carboxylic acids is 1. The topological polar surface area (TPSA) is 58.1 Å². The van der Waals surface area contributed by atoms with Gasteiger partial charge in [-0.25, -0.2) is 9.97 Å². The third-order valence-corrected chi connectivity index (χ3v) is 4.95. The van der Waals surface area contributed by atoms with Gasteiger partial charge in [0.1, 0.15) is 5.69 Å². The smallest absolute Gasteiger partial charge is 0.277 e. The largest absolute Gasteiger partial charge is 0.348 e. The third-order valence-electron chi connectivity index (χ3n) is 4.95. The number of nitrogens with zero attached hydrogens (tertiary/aromatic N) is 3. The summed E-state index contributed by atoms with van der Waals surface area (Å²) in [6.45, 7) is 4.11. The van der Waals surface area contributed by atoms with Crippen LogP contribution in [0.1, 0.15) is 41.5 Å². The fourth-order valence-corrected chi connectivity index (χ4v) is 3.56. The van der Waals surface area contributed by atoms with Crippen LogP contribution in [0.3, 0.4) is 0 Å². The van der Waals surface area contributed by atoms with Crippen LogP contribution in [0.15, 0.2) is 66.9 Å². The first kappa shape index (κ1) is 17.2. The molecule has 2 heterocycles. The molecular formula is C22H22N4O. The molecule has 1 amide bonds. The molecule has 1 aromatic heterocycles. The lowest BCUT2D eigenvalue weighted by atomic mass is 10.1. The number of hydrogen-bond acceptors (Lipinski definition) is 4. The molecule has 0 spiro atoms. The summed E-state index contributed by atoms with van der Waals surface area (Å²) in [5, 5.41) is 3.28. The van der Waals surface area contributed by atoms with Crippen molar-refractivity contribution in [3.8, 4) is 0 Å². The number of para-hydroxylation sites is 1. The molecule has 3 aromatic rings. The van der Waals surface area contributed by atoms with Gasteiger partial charge >= 0.3 is 0 Å². The molecule has 1 N–H and O–H groups in total. The Morgan fingerprint density at radius 1 is 1.11 bits per heavy atom. The van der Waals surface area contributed by atoms with E-state index in [0.29, 0.717) is 11.6 Å². The summed E-state index contributed by atoms with van der Waals surface area (Å²) in [6.07, 6.45) is 2.50. The number of nitrogens with one attached hydrogen (secondary N) is 1. The van der Waals surface area contributed by atoms with E-state index in [1.165, 1.54) is 5.56 Å². The second-order valence-electron chi connectivity index (χ2n) is 6.90. The van der Waals surface area contributed by atoms with E-state index in [9.17, 15) is 4.79 Å². The van der Waals surface area contributed by atoms with E-state index in [4.69, 9.17) is 0 Å². The van der Waals surface area contributed by atoms with Gasteiger partial charge in [0.25, 0.3) is 5.91 Å². The van der Waals surface area contributed by atoms with Crippen LogP contribution in [0.5, 0.6) is 0 Å². The van der Waals surface area contributed by atoms with E-state index in [2.05, 4.69) is 40.4 Å². The van der Waals surface area contributed by atoms with Crippen LogP contribution < -0.4 is 10.2 Å². The van der Waals surface area contributed by atoms with E-state index in [1.807, 2.05) is 48.2 Å². The quantitative estimate of drug-likeness (QED) is 0.758. The second kappa shape index (κ2) is 7.19. The average Bonchev–Trinajstić information content (AvgIpc) is 3.04. The zero-order valence-electron chi connectivity index (χ0n) is 15.5. The Labute approximate surface area is 159 Å². The first-order valence-electron chi connectivity index (χ1n) is 9.19. The zero-order valence-corrected chi connectivity index (χ0v) is 15.5. The number of carbonyl (C=O) groups is 1. The van der Waals surface area contributed by atoms with Gasteiger partial charge in [-0.1, -0.05) is 48.5 Å².